The van der Waals surface area contributed by atoms with Crippen LogP contribution < -0.4 is 14.2 Å². The fraction of sp³-hybridized carbons (Fsp3) is 0.304. The van der Waals surface area contributed by atoms with Crippen molar-refractivity contribution in [2.24, 2.45) is 5.92 Å². The zero-order chi connectivity index (χ0) is 24.3. The molecule has 0 radical (unpaired) electrons. The summed E-state index contributed by atoms with van der Waals surface area (Å²) in [7, 11) is -2.86. The molecular formula is C23H23ClFN3O5S. The second-order valence-corrected chi connectivity index (χ2v) is 10.0. The molecule has 0 aliphatic heterocycles. The van der Waals surface area contributed by atoms with Gasteiger partial charge < -0.3 is 9.47 Å². The van der Waals surface area contributed by atoms with Crippen LogP contribution in [0.15, 0.2) is 53.7 Å². The van der Waals surface area contributed by atoms with E-state index in [1.54, 1.807) is 24.3 Å². The van der Waals surface area contributed by atoms with Crippen molar-refractivity contribution < 1.29 is 27.1 Å². The minimum atomic E-state index is -4.34. The van der Waals surface area contributed by atoms with Crippen LogP contribution in [-0.4, -0.2) is 37.8 Å². The van der Waals surface area contributed by atoms with Crippen molar-refractivity contribution in [1.29, 1.82) is 0 Å². The van der Waals surface area contributed by atoms with Crippen LogP contribution in [0.2, 0.25) is 5.02 Å². The van der Waals surface area contributed by atoms with Crippen molar-refractivity contribution in [3.8, 4) is 17.2 Å². The van der Waals surface area contributed by atoms with Gasteiger partial charge in [0.05, 0.1) is 36.7 Å². The van der Waals surface area contributed by atoms with Crippen LogP contribution in [0, 0.1) is 11.7 Å². The van der Waals surface area contributed by atoms with Gasteiger partial charge in [0.25, 0.3) is 15.9 Å². The molecule has 0 bridgehead atoms. The summed E-state index contributed by atoms with van der Waals surface area (Å²) in [5.74, 6) is -1.12. The molecule has 3 aromatic rings. The molecule has 34 heavy (non-hydrogen) atoms. The Hall–Kier alpha value is -3.11. The van der Waals surface area contributed by atoms with Gasteiger partial charge in [0.2, 0.25) is 0 Å². The third-order valence-corrected chi connectivity index (χ3v) is 7.22. The van der Waals surface area contributed by atoms with Gasteiger partial charge in [-0.1, -0.05) is 36.6 Å². The fourth-order valence-corrected chi connectivity index (χ4v) is 4.94. The maximum atomic E-state index is 14.6. The predicted octanol–water partition coefficient (Wildman–Crippen LogP) is 4.36. The molecule has 0 unspecified atom stereocenters. The van der Waals surface area contributed by atoms with Gasteiger partial charge >= 0.3 is 0 Å². The van der Waals surface area contributed by atoms with Crippen molar-refractivity contribution in [3.05, 3.63) is 65.2 Å². The normalized spacial score (nSPS) is 14.2. The van der Waals surface area contributed by atoms with Gasteiger partial charge in [0.1, 0.15) is 27.9 Å². The highest BCUT2D eigenvalue weighted by molar-refractivity contribution is 7.90. The van der Waals surface area contributed by atoms with Crippen LogP contribution >= 0.6 is 11.6 Å². The van der Waals surface area contributed by atoms with E-state index >= 15 is 0 Å². The van der Waals surface area contributed by atoms with Gasteiger partial charge in [-0.3, -0.25) is 4.79 Å². The molecule has 11 heteroatoms. The summed E-state index contributed by atoms with van der Waals surface area (Å²) >= 11 is 6.17. The van der Waals surface area contributed by atoms with Crippen LogP contribution in [-0.2, 0) is 10.0 Å². The number of methoxy groups -OCH3 is 1. The maximum absolute atomic E-state index is 14.6. The fourth-order valence-electron chi connectivity index (χ4n) is 3.83. The molecule has 1 N–H and O–H groups in total. The minimum absolute atomic E-state index is 0.0194. The lowest BCUT2D eigenvalue weighted by atomic mass is 10.1. The Morgan fingerprint density at radius 2 is 1.97 bits per heavy atom. The lowest BCUT2D eigenvalue weighted by molar-refractivity contribution is 0.0977. The summed E-state index contributed by atoms with van der Waals surface area (Å²) < 4.78 is 54.1. The standard InChI is InChI=1S/C23H23ClFN3O5S/c1-32-21-9-5-4-8-20(21)28-13-16(12-26-28)34(30,31)27-23(29)17-10-18(24)22(11-19(17)25)33-14-15-6-2-3-7-15/h4-5,8-13,15H,2-3,6-7,14H2,1H3,(H,27,29). The maximum Gasteiger partial charge on any atom is 0.268 e. The van der Waals surface area contributed by atoms with Crippen molar-refractivity contribution in [1.82, 2.24) is 14.5 Å². The van der Waals surface area contributed by atoms with Gasteiger partial charge in [-0.05, 0) is 37.0 Å². The van der Waals surface area contributed by atoms with Gasteiger partial charge in [0, 0.05) is 6.07 Å². The number of rotatable bonds is 8. The van der Waals surface area contributed by atoms with E-state index in [4.69, 9.17) is 21.1 Å². The molecule has 0 spiro atoms. The van der Waals surface area contributed by atoms with Crippen LogP contribution in [0.5, 0.6) is 11.5 Å². The van der Waals surface area contributed by atoms with E-state index in [9.17, 15) is 17.6 Å². The van der Waals surface area contributed by atoms with Gasteiger partial charge in [-0.15, -0.1) is 0 Å². The first-order valence-corrected chi connectivity index (χ1v) is 12.5. The average Bonchev–Trinajstić information content (AvgIpc) is 3.51. The van der Waals surface area contributed by atoms with Crippen molar-refractivity contribution in [3.63, 3.8) is 0 Å². The minimum Gasteiger partial charge on any atom is -0.494 e. The van der Waals surface area contributed by atoms with Crippen LogP contribution in [0.1, 0.15) is 36.0 Å². The van der Waals surface area contributed by atoms with Gasteiger partial charge in [0.15, 0.2) is 0 Å². The Balaban J connectivity index is 1.49. The summed E-state index contributed by atoms with van der Waals surface area (Å²) in [6.45, 7) is 0.412. The molecule has 4 rings (SSSR count). The molecule has 0 atom stereocenters. The molecule has 2 aromatic carbocycles. The average molecular weight is 508 g/mol. The number of hydrogen-bond acceptors (Lipinski definition) is 6. The molecule has 180 valence electrons. The number of halogens is 2. The Morgan fingerprint density at radius 1 is 1.24 bits per heavy atom. The molecule has 1 fully saturated rings. The lowest BCUT2D eigenvalue weighted by Crippen LogP contribution is -2.31. The Kier molecular flexibility index (Phi) is 7.08. The first kappa shape index (κ1) is 24.0. The number of hydrogen-bond donors (Lipinski definition) is 1. The van der Waals surface area contributed by atoms with Crippen molar-refractivity contribution in [2.45, 2.75) is 30.6 Å². The van der Waals surface area contributed by atoms with E-state index in [2.05, 4.69) is 5.10 Å². The quantitative estimate of drug-likeness (QED) is 0.486. The summed E-state index contributed by atoms with van der Waals surface area (Å²) in [6, 6.07) is 8.94. The molecular weight excluding hydrogens is 485 g/mol. The van der Waals surface area contributed by atoms with Gasteiger partial charge in [-0.25, -0.2) is 22.2 Å². The van der Waals surface area contributed by atoms with E-state index in [0.717, 1.165) is 44.0 Å². The number of benzene rings is 2. The largest absolute Gasteiger partial charge is 0.494 e. The Labute approximate surface area is 201 Å². The molecule has 8 nitrogen and oxygen atoms in total. The highest BCUT2D eigenvalue weighted by Crippen LogP contribution is 2.31. The van der Waals surface area contributed by atoms with E-state index in [-0.39, 0.29) is 15.7 Å². The van der Waals surface area contributed by atoms with Crippen LogP contribution in [0.4, 0.5) is 4.39 Å². The second-order valence-electron chi connectivity index (χ2n) is 7.95. The first-order valence-electron chi connectivity index (χ1n) is 10.7. The van der Waals surface area contributed by atoms with E-state index in [1.165, 1.54) is 18.0 Å². The smallest absolute Gasteiger partial charge is 0.268 e. The third kappa shape index (κ3) is 5.18. The monoisotopic (exact) mass is 507 g/mol. The predicted molar refractivity (Wildman–Crippen MR) is 124 cm³/mol. The first-order chi connectivity index (χ1) is 16.3. The molecule has 1 aliphatic rings. The number of para-hydroxylation sites is 2. The number of amides is 1. The number of carbonyl (C=O) groups is 1. The number of sulfonamides is 1. The zero-order valence-corrected chi connectivity index (χ0v) is 19.9. The second kappa shape index (κ2) is 10.0. The van der Waals surface area contributed by atoms with Crippen molar-refractivity contribution in [2.75, 3.05) is 13.7 Å². The van der Waals surface area contributed by atoms with Gasteiger partial charge in [-0.2, -0.15) is 5.10 Å². The number of carbonyl (C=O) groups excluding carboxylic acids is 1. The third-order valence-electron chi connectivity index (χ3n) is 5.64. The van der Waals surface area contributed by atoms with Crippen LogP contribution in [0.3, 0.4) is 0 Å². The molecule has 1 aromatic heterocycles. The molecule has 1 heterocycles. The number of nitrogens with zero attached hydrogens (tertiary/aromatic N) is 2. The summed E-state index contributed by atoms with van der Waals surface area (Å²) in [6.07, 6.45) is 6.67. The molecule has 0 saturated heterocycles. The highest BCUT2D eigenvalue weighted by Gasteiger charge is 2.25. The molecule has 1 saturated carbocycles. The molecule has 1 aliphatic carbocycles. The molecule has 1 amide bonds. The number of nitrogens with one attached hydrogen (secondary N) is 1. The van der Waals surface area contributed by atoms with E-state index < -0.39 is 27.3 Å². The zero-order valence-electron chi connectivity index (χ0n) is 18.3. The Bertz CT molecular complexity index is 1310. The highest BCUT2D eigenvalue weighted by atomic mass is 35.5. The SMILES string of the molecule is COc1ccccc1-n1cc(S(=O)(=O)NC(=O)c2cc(Cl)c(OCC3CCCC3)cc2F)cn1. The number of ether oxygens (including phenoxy) is 2. The summed E-state index contributed by atoms with van der Waals surface area (Å²) in [5.41, 5.74) is -0.0114. The lowest BCUT2D eigenvalue weighted by Gasteiger charge is -2.14. The van der Waals surface area contributed by atoms with E-state index in [1.807, 2.05) is 4.72 Å². The Morgan fingerprint density at radius 3 is 2.71 bits per heavy atom. The van der Waals surface area contributed by atoms with Crippen LogP contribution in [0.25, 0.3) is 5.69 Å². The van der Waals surface area contributed by atoms with E-state index in [0.29, 0.717) is 24.0 Å². The van der Waals surface area contributed by atoms with Crippen molar-refractivity contribution >= 4 is 27.5 Å². The topological polar surface area (TPSA) is 99.5 Å². The number of aromatic nitrogens is 2. The summed E-state index contributed by atoms with van der Waals surface area (Å²) in [5, 5.41) is 4.05. The summed E-state index contributed by atoms with van der Waals surface area (Å²) in [4.78, 5) is 12.3.